The zero-order valence-electron chi connectivity index (χ0n) is 10.8. The highest BCUT2D eigenvalue weighted by Crippen LogP contribution is 2.43. The van der Waals surface area contributed by atoms with Gasteiger partial charge in [0.1, 0.15) is 11.9 Å². The first kappa shape index (κ1) is 12.4. The summed E-state index contributed by atoms with van der Waals surface area (Å²) in [5.41, 5.74) is 1.57. The van der Waals surface area contributed by atoms with Crippen molar-refractivity contribution in [1.82, 2.24) is 4.98 Å². The van der Waals surface area contributed by atoms with Gasteiger partial charge in [-0.15, -0.1) is 11.6 Å². The van der Waals surface area contributed by atoms with E-state index < -0.39 is 0 Å². The second-order valence-electron chi connectivity index (χ2n) is 5.12. The van der Waals surface area contributed by atoms with Crippen LogP contribution in [0.25, 0.3) is 0 Å². The summed E-state index contributed by atoms with van der Waals surface area (Å²) in [6.07, 6.45) is 2.52. The van der Waals surface area contributed by atoms with Gasteiger partial charge in [-0.2, -0.15) is 4.98 Å². The Balaban J connectivity index is 1.89. The van der Waals surface area contributed by atoms with Gasteiger partial charge in [0.2, 0.25) is 0 Å². The minimum absolute atomic E-state index is 0.178. The van der Waals surface area contributed by atoms with Gasteiger partial charge < -0.3 is 13.9 Å². The van der Waals surface area contributed by atoms with Gasteiger partial charge in [-0.1, -0.05) is 12.1 Å². The molecule has 2 heterocycles. The van der Waals surface area contributed by atoms with E-state index in [1.165, 1.54) is 6.26 Å². The minimum Gasteiger partial charge on any atom is -0.483 e. The molecule has 1 aromatic carbocycles. The summed E-state index contributed by atoms with van der Waals surface area (Å²) in [4.78, 5) is 4.11. The Bertz CT molecular complexity index is 606. The van der Waals surface area contributed by atoms with Crippen LogP contribution >= 0.6 is 11.6 Å². The zero-order chi connectivity index (χ0) is 13.5. The smallest absolute Gasteiger partial charge is 0.399 e. The number of hydrogen-bond donors (Lipinski definition) is 0. The second-order valence-corrected chi connectivity index (χ2v) is 5.39. The third kappa shape index (κ3) is 2.40. The fourth-order valence-corrected chi connectivity index (χ4v) is 2.28. The van der Waals surface area contributed by atoms with Crippen molar-refractivity contribution in [2.75, 3.05) is 0 Å². The average Bonchev–Trinajstić information content (AvgIpc) is 2.92. The summed E-state index contributed by atoms with van der Waals surface area (Å²) < 4.78 is 16.7. The molecule has 0 atom stereocenters. The van der Waals surface area contributed by atoms with Crippen molar-refractivity contribution < 1.29 is 13.9 Å². The van der Waals surface area contributed by atoms with Crippen LogP contribution in [0, 0.1) is 0 Å². The van der Waals surface area contributed by atoms with Gasteiger partial charge in [0.25, 0.3) is 0 Å². The number of alkyl halides is 1. The first-order valence-corrected chi connectivity index (χ1v) is 6.60. The second kappa shape index (κ2) is 4.46. The van der Waals surface area contributed by atoms with Crippen LogP contribution in [-0.4, -0.2) is 10.6 Å². The van der Waals surface area contributed by atoms with Gasteiger partial charge in [-0.25, -0.2) is 0 Å². The van der Waals surface area contributed by atoms with E-state index in [9.17, 15) is 0 Å². The van der Waals surface area contributed by atoms with Crippen molar-refractivity contribution in [3.05, 3.63) is 35.7 Å². The molecule has 1 aromatic heterocycles. The Morgan fingerprint density at radius 1 is 1.42 bits per heavy atom. The molecule has 0 bridgehead atoms. The van der Waals surface area contributed by atoms with E-state index in [0.29, 0.717) is 17.3 Å². The molecule has 0 spiro atoms. The topological polar surface area (TPSA) is 44.5 Å². The van der Waals surface area contributed by atoms with Crippen molar-refractivity contribution in [1.29, 1.82) is 0 Å². The number of halogens is 1. The molecule has 0 unspecified atom stereocenters. The summed E-state index contributed by atoms with van der Waals surface area (Å²) in [6.45, 7) is 4.10. The van der Waals surface area contributed by atoms with Crippen LogP contribution < -0.4 is 9.47 Å². The Morgan fingerprint density at radius 3 is 3.00 bits per heavy atom. The Morgan fingerprint density at radius 2 is 2.26 bits per heavy atom. The van der Waals surface area contributed by atoms with Crippen molar-refractivity contribution in [2.45, 2.75) is 31.7 Å². The molecule has 19 heavy (non-hydrogen) atoms. The predicted molar refractivity (Wildman–Crippen MR) is 71.0 cm³/mol. The molecule has 0 fully saturated rings. The van der Waals surface area contributed by atoms with Crippen LogP contribution in [0.4, 0.5) is 0 Å². The summed E-state index contributed by atoms with van der Waals surface area (Å²) in [5.74, 6) is 1.67. The van der Waals surface area contributed by atoms with Crippen LogP contribution in [0.5, 0.6) is 17.6 Å². The quantitative estimate of drug-likeness (QED) is 0.799. The van der Waals surface area contributed by atoms with Gasteiger partial charge in [-0.05, 0) is 19.9 Å². The van der Waals surface area contributed by atoms with Crippen LogP contribution in [-0.2, 0) is 12.3 Å². The van der Waals surface area contributed by atoms with E-state index in [1.54, 1.807) is 0 Å². The number of para-hydroxylation sites is 1. The lowest BCUT2D eigenvalue weighted by atomic mass is 10.0. The van der Waals surface area contributed by atoms with Crippen molar-refractivity contribution >= 4 is 11.6 Å². The number of aromatic nitrogens is 1. The number of hydrogen-bond acceptors (Lipinski definition) is 4. The fourth-order valence-electron chi connectivity index (χ4n) is 2.16. The van der Waals surface area contributed by atoms with Crippen molar-refractivity contribution in [3.63, 3.8) is 0 Å². The van der Waals surface area contributed by atoms with Crippen molar-refractivity contribution in [2.24, 2.45) is 0 Å². The van der Waals surface area contributed by atoms with E-state index in [0.717, 1.165) is 17.7 Å². The molecule has 0 N–H and O–H groups in total. The lowest BCUT2D eigenvalue weighted by Gasteiger charge is -2.17. The lowest BCUT2D eigenvalue weighted by Crippen LogP contribution is -2.24. The van der Waals surface area contributed by atoms with Gasteiger partial charge in [0, 0.05) is 12.0 Å². The molecule has 1 aliphatic rings. The molecule has 4 nitrogen and oxygen atoms in total. The molecule has 0 saturated heterocycles. The lowest BCUT2D eigenvalue weighted by molar-refractivity contribution is 0.133. The Labute approximate surface area is 116 Å². The molecule has 1 aliphatic heterocycles. The maximum atomic E-state index is 5.91. The standard InChI is InChI=1S/C14H14ClNO3/c1-14(2)6-9-4-3-5-11(12(9)19-14)18-13-16-10(7-15)8-17-13/h3-5,8H,6-7H2,1-2H3. The van der Waals surface area contributed by atoms with Crippen LogP contribution in [0.1, 0.15) is 25.1 Å². The molecule has 5 heteroatoms. The highest BCUT2D eigenvalue weighted by molar-refractivity contribution is 6.16. The van der Waals surface area contributed by atoms with Gasteiger partial charge in [-0.3, -0.25) is 0 Å². The molecule has 0 saturated carbocycles. The fraction of sp³-hybridized carbons (Fsp3) is 0.357. The highest BCUT2D eigenvalue weighted by atomic mass is 35.5. The average molecular weight is 280 g/mol. The largest absolute Gasteiger partial charge is 0.483 e. The van der Waals surface area contributed by atoms with Gasteiger partial charge in [0.15, 0.2) is 11.5 Å². The third-order valence-electron chi connectivity index (χ3n) is 2.92. The molecule has 2 aromatic rings. The molecule has 0 radical (unpaired) electrons. The monoisotopic (exact) mass is 279 g/mol. The number of rotatable bonds is 3. The minimum atomic E-state index is -0.209. The molecule has 3 rings (SSSR count). The maximum Gasteiger partial charge on any atom is 0.399 e. The zero-order valence-corrected chi connectivity index (χ0v) is 11.5. The first-order chi connectivity index (χ1) is 9.07. The molecule has 0 aliphatic carbocycles. The SMILES string of the molecule is CC1(C)Cc2cccc(Oc3nc(CCl)co3)c2O1. The number of oxazole rings is 1. The van der Waals surface area contributed by atoms with Gasteiger partial charge in [0.05, 0.1) is 11.6 Å². The van der Waals surface area contributed by atoms with E-state index >= 15 is 0 Å². The number of ether oxygens (including phenoxy) is 2. The van der Waals surface area contributed by atoms with Crippen molar-refractivity contribution in [3.8, 4) is 17.6 Å². The van der Waals surface area contributed by atoms with E-state index in [-0.39, 0.29) is 11.7 Å². The third-order valence-corrected chi connectivity index (χ3v) is 3.19. The highest BCUT2D eigenvalue weighted by Gasteiger charge is 2.32. The Kier molecular flexibility index (Phi) is 2.90. The summed E-state index contributed by atoms with van der Waals surface area (Å²) in [7, 11) is 0. The van der Waals surface area contributed by atoms with E-state index in [4.69, 9.17) is 25.5 Å². The number of nitrogens with zero attached hydrogens (tertiary/aromatic N) is 1. The van der Waals surface area contributed by atoms with Gasteiger partial charge >= 0.3 is 6.08 Å². The Hall–Kier alpha value is -1.68. The summed E-state index contributed by atoms with van der Waals surface area (Å²) in [6, 6.07) is 5.81. The van der Waals surface area contributed by atoms with E-state index in [1.807, 2.05) is 32.0 Å². The molecular weight excluding hydrogens is 266 g/mol. The van der Waals surface area contributed by atoms with Crippen LogP contribution in [0.15, 0.2) is 28.9 Å². The molecule has 0 amide bonds. The first-order valence-electron chi connectivity index (χ1n) is 6.06. The van der Waals surface area contributed by atoms with Crippen LogP contribution in [0.3, 0.4) is 0 Å². The molecule has 100 valence electrons. The predicted octanol–water partition coefficient (Wildman–Crippen LogP) is 3.92. The normalized spacial score (nSPS) is 15.9. The summed E-state index contributed by atoms with van der Waals surface area (Å²) >= 11 is 5.67. The number of fused-ring (bicyclic) bond motifs is 1. The van der Waals surface area contributed by atoms with E-state index in [2.05, 4.69) is 4.98 Å². The van der Waals surface area contributed by atoms with Crippen LogP contribution in [0.2, 0.25) is 0 Å². The summed E-state index contributed by atoms with van der Waals surface area (Å²) in [5, 5.41) is 0. The number of benzene rings is 1. The maximum absolute atomic E-state index is 5.91. The molecular formula is C14H14ClNO3.